The van der Waals surface area contributed by atoms with Crippen molar-refractivity contribution >= 4 is 23.7 Å². The normalized spacial score (nSPS) is 15.8. The number of carboxylic acid groups (broad SMARTS) is 1. The third kappa shape index (κ3) is 9.46. The van der Waals surface area contributed by atoms with E-state index >= 15 is 0 Å². The van der Waals surface area contributed by atoms with E-state index in [1.165, 1.54) is 34.9 Å². The molecule has 3 aromatic rings. The van der Waals surface area contributed by atoms with Crippen LogP contribution in [0, 0.1) is 10.1 Å². The smallest absolute Gasteiger partial charge is 0.337 e. The topological polar surface area (TPSA) is 135 Å². The van der Waals surface area contributed by atoms with Crippen LogP contribution in [-0.4, -0.2) is 58.1 Å². The van der Waals surface area contributed by atoms with Gasteiger partial charge in [0.1, 0.15) is 0 Å². The fourth-order valence-corrected chi connectivity index (χ4v) is 5.96. The molecular weight excluding hydrogens is 596 g/mol. The van der Waals surface area contributed by atoms with Crippen LogP contribution < -0.4 is 5.32 Å². The quantitative estimate of drug-likeness (QED) is 0.113. The second-order valence-corrected chi connectivity index (χ2v) is 12.2. The Morgan fingerprint density at radius 3 is 2.47 bits per heavy atom. The van der Waals surface area contributed by atoms with Gasteiger partial charge in [0, 0.05) is 42.5 Å². The zero-order valence-corrected chi connectivity index (χ0v) is 27.5. The lowest BCUT2D eigenvalue weighted by Crippen LogP contribution is -2.33. The summed E-state index contributed by atoms with van der Waals surface area (Å²) >= 11 is 0. The molecule has 0 spiro atoms. The van der Waals surface area contributed by atoms with Gasteiger partial charge >= 0.3 is 11.9 Å². The van der Waals surface area contributed by atoms with Crippen LogP contribution in [-0.2, 0) is 20.7 Å². The summed E-state index contributed by atoms with van der Waals surface area (Å²) in [5.41, 5.74) is 5.82. The number of hydrogen-bond donors (Lipinski definition) is 2. The summed E-state index contributed by atoms with van der Waals surface area (Å²) in [7, 11) is 2.05. The number of nitro groups is 1. The fraction of sp³-hybridized carbons (Fsp3) is 0.324. The van der Waals surface area contributed by atoms with E-state index in [0.29, 0.717) is 23.4 Å². The summed E-state index contributed by atoms with van der Waals surface area (Å²) in [5, 5.41) is 24.5. The standard InChI is InChI=1S/C37H42N4O6/c1-24(19-28-13-15-29(16-14-28)20-30-10-7-17-38-22-30)23-40(5)18-8-9-25(2)47-37(44)34-27(4)39-26(3)33(36(42)43)35(34)31-11-6-12-32(21-31)41(45)46/h6-7,10-17,19,21-22,25,35,39H,8-9,18,20,23H2,1-5H3,(H,42,43). The van der Waals surface area contributed by atoms with Gasteiger partial charge in [0.2, 0.25) is 0 Å². The van der Waals surface area contributed by atoms with Gasteiger partial charge in [0.05, 0.1) is 28.1 Å². The molecule has 10 nitrogen and oxygen atoms in total. The number of nitrogens with one attached hydrogen (secondary N) is 1. The highest BCUT2D eigenvalue weighted by atomic mass is 16.6. The largest absolute Gasteiger partial charge is 0.478 e. The molecule has 1 aliphatic rings. The number of carbonyl (C=O) groups excluding carboxylic acids is 1. The lowest BCUT2D eigenvalue weighted by atomic mass is 9.80. The van der Waals surface area contributed by atoms with E-state index in [9.17, 15) is 24.8 Å². The fourth-order valence-electron chi connectivity index (χ4n) is 5.96. The summed E-state index contributed by atoms with van der Waals surface area (Å²) in [6, 6.07) is 18.3. The van der Waals surface area contributed by atoms with Gasteiger partial charge in [0.15, 0.2) is 0 Å². The van der Waals surface area contributed by atoms with Crippen molar-refractivity contribution in [2.45, 2.75) is 59.0 Å². The number of nitrogens with zero attached hydrogens (tertiary/aromatic N) is 3. The molecule has 1 aliphatic heterocycles. The minimum atomic E-state index is -1.22. The molecule has 0 bridgehead atoms. The van der Waals surface area contributed by atoms with Crippen LogP contribution in [0.2, 0.25) is 0 Å². The highest BCUT2D eigenvalue weighted by Crippen LogP contribution is 2.40. The lowest BCUT2D eigenvalue weighted by molar-refractivity contribution is -0.384. The van der Waals surface area contributed by atoms with Crippen molar-refractivity contribution in [1.29, 1.82) is 0 Å². The van der Waals surface area contributed by atoms with Crippen molar-refractivity contribution in [2.75, 3.05) is 20.1 Å². The molecule has 0 saturated carbocycles. The number of aromatic nitrogens is 1. The number of dihydropyridines is 1. The van der Waals surface area contributed by atoms with E-state index in [1.54, 1.807) is 26.1 Å². The Hall–Kier alpha value is -5.09. The average Bonchev–Trinajstić information content (AvgIpc) is 3.01. The van der Waals surface area contributed by atoms with Crippen LogP contribution in [0.5, 0.6) is 0 Å². The van der Waals surface area contributed by atoms with E-state index in [-0.39, 0.29) is 16.8 Å². The monoisotopic (exact) mass is 638 g/mol. The van der Waals surface area contributed by atoms with Gasteiger partial charge < -0.3 is 20.1 Å². The minimum absolute atomic E-state index is 0.0542. The molecule has 0 radical (unpaired) electrons. The van der Waals surface area contributed by atoms with Crippen LogP contribution in [0.25, 0.3) is 6.08 Å². The number of pyridine rings is 1. The number of carbonyl (C=O) groups is 2. The second-order valence-electron chi connectivity index (χ2n) is 12.2. The Balaban J connectivity index is 1.32. The summed E-state index contributed by atoms with van der Waals surface area (Å²) in [5.74, 6) is -2.89. The molecule has 0 fully saturated rings. The summed E-state index contributed by atoms with van der Waals surface area (Å²) in [6.07, 6.45) is 7.66. The first-order chi connectivity index (χ1) is 22.4. The summed E-state index contributed by atoms with van der Waals surface area (Å²) < 4.78 is 5.82. The number of carboxylic acids is 1. The molecule has 2 atom stereocenters. The number of esters is 1. The Morgan fingerprint density at radius 2 is 1.81 bits per heavy atom. The van der Waals surface area contributed by atoms with E-state index in [4.69, 9.17) is 4.74 Å². The number of likely N-dealkylation sites (N-methyl/N-ethyl adjacent to an activating group) is 1. The zero-order valence-electron chi connectivity index (χ0n) is 27.5. The molecule has 2 unspecified atom stereocenters. The molecule has 0 saturated heterocycles. The molecule has 4 rings (SSSR count). The number of non-ortho nitro benzene ring substituents is 1. The van der Waals surface area contributed by atoms with Crippen LogP contribution in [0.15, 0.2) is 101 Å². The van der Waals surface area contributed by atoms with E-state index in [2.05, 4.69) is 65.6 Å². The van der Waals surface area contributed by atoms with E-state index in [1.807, 2.05) is 19.2 Å². The maximum absolute atomic E-state index is 13.5. The molecule has 47 heavy (non-hydrogen) atoms. The van der Waals surface area contributed by atoms with E-state index in [0.717, 1.165) is 31.5 Å². The van der Waals surface area contributed by atoms with Gasteiger partial charge in [-0.05, 0) is 88.9 Å². The van der Waals surface area contributed by atoms with Crippen molar-refractivity contribution in [3.8, 4) is 0 Å². The maximum atomic E-state index is 13.5. The first-order valence-corrected chi connectivity index (χ1v) is 15.6. The van der Waals surface area contributed by atoms with Crippen molar-refractivity contribution in [3.63, 3.8) is 0 Å². The number of allylic oxidation sites excluding steroid dienone is 2. The Labute approximate surface area is 275 Å². The number of benzene rings is 2. The third-order valence-corrected chi connectivity index (χ3v) is 8.13. The van der Waals surface area contributed by atoms with Gasteiger partial charge in [-0.2, -0.15) is 0 Å². The van der Waals surface area contributed by atoms with Crippen LogP contribution in [0.4, 0.5) is 5.69 Å². The molecular formula is C37H42N4O6. The van der Waals surface area contributed by atoms with Gasteiger partial charge in [-0.25, -0.2) is 9.59 Å². The van der Waals surface area contributed by atoms with Gasteiger partial charge in [0.25, 0.3) is 5.69 Å². The first kappa shape index (κ1) is 34.8. The van der Waals surface area contributed by atoms with Crippen molar-refractivity contribution in [1.82, 2.24) is 15.2 Å². The summed E-state index contributed by atoms with van der Waals surface area (Å²) in [4.78, 5) is 43.1. The molecule has 2 heterocycles. The molecule has 2 N–H and O–H groups in total. The predicted molar refractivity (Wildman–Crippen MR) is 181 cm³/mol. The maximum Gasteiger partial charge on any atom is 0.337 e. The number of nitro benzene ring substituents is 1. The summed E-state index contributed by atoms with van der Waals surface area (Å²) in [6.45, 7) is 8.79. The number of rotatable bonds is 14. The number of hydrogen-bond acceptors (Lipinski definition) is 8. The second kappa shape index (κ2) is 16.0. The first-order valence-electron chi connectivity index (χ1n) is 15.6. The van der Waals surface area contributed by atoms with E-state index < -0.39 is 28.9 Å². The Morgan fingerprint density at radius 1 is 1.09 bits per heavy atom. The molecule has 0 amide bonds. The molecule has 246 valence electrons. The molecule has 2 aromatic carbocycles. The minimum Gasteiger partial charge on any atom is -0.478 e. The molecule has 0 aliphatic carbocycles. The third-order valence-electron chi connectivity index (χ3n) is 8.13. The average molecular weight is 639 g/mol. The van der Waals surface area contributed by atoms with Crippen LogP contribution in [0.1, 0.15) is 68.7 Å². The van der Waals surface area contributed by atoms with Gasteiger partial charge in [-0.3, -0.25) is 15.1 Å². The van der Waals surface area contributed by atoms with Crippen molar-refractivity contribution < 1.29 is 24.4 Å². The molecule has 10 heteroatoms. The number of ether oxygens (including phenoxy) is 1. The van der Waals surface area contributed by atoms with Crippen LogP contribution in [0.3, 0.4) is 0 Å². The van der Waals surface area contributed by atoms with Gasteiger partial charge in [-0.1, -0.05) is 54.1 Å². The highest BCUT2D eigenvalue weighted by Gasteiger charge is 2.38. The van der Waals surface area contributed by atoms with Crippen molar-refractivity contribution in [2.24, 2.45) is 0 Å². The number of aliphatic carboxylic acids is 1. The SMILES string of the molecule is CC(=Cc1ccc(Cc2cccnc2)cc1)CN(C)CCCC(C)OC(=O)C1=C(C)NC(C)=C(C(=O)O)C1c1cccc([N+](=O)[O-])c1. The zero-order chi connectivity index (χ0) is 34.1. The van der Waals surface area contributed by atoms with Gasteiger partial charge in [-0.15, -0.1) is 0 Å². The van der Waals surface area contributed by atoms with Crippen molar-refractivity contribution in [3.05, 3.63) is 134 Å². The Bertz CT molecular complexity index is 1700. The lowest BCUT2D eigenvalue weighted by Gasteiger charge is -2.30. The highest BCUT2D eigenvalue weighted by molar-refractivity contribution is 5.99. The molecule has 1 aromatic heterocycles. The Kier molecular flexibility index (Phi) is 11.8. The predicted octanol–water partition coefficient (Wildman–Crippen LogP) is 6.65. The van der Waals surface area contributed by atoms with Crippen LogP contribution >= 0.6 is 0 Å².